The van der Waals surface area contributed by atoms with Gasteiger partial charge in [-0.3, -0.25) is 10.1 Å². The van der Waals surface area contributed by atoms with Crippen LogP contribution in [-0.2, 0) is 0 Å². The lowest BCUT2D eigenvalue weighted by atomic mass is 10.1. The Hall–Kier alpha value is -1.69. The summed E-state index contributed by atoms with van der Waals surface area (Å²) in [6.45, 7) is 2.41. The predicted octanol–water partition coefficient (Wildman–Crippen LogP) is 1.48. The van der Waals surface area contributed by atoms with Gasteiger partial charge in [0.2, 0.25) is 0 Å². The smallest absolute Gasteiger partial charge is 0.277 e. The number of aliphatic hydroxyl groups is 1. The Labute approximate surface area is 98.8 Å². The zero-order chi connectivity index (χ0) is 12.5. The summed E-state index contributed by atoms with van der Waals surface area (Å²) in [6, 6.07) is 1.43. The minimum Gasteiger partial charge on any atom is -0.396 e. The summed E-state index contributed by atoms with van der Waals surface area (Å²) in [6.07, 6.45) is 3.47. The van der Waals surface area contributed by atoms with Crippen molar-refractivity contribution in [2.24, 2.45) is 5.41 Å². The summed E-state index contributed by atoms with van der Waals surface area (Å²) in [7, 11) is 0. The number of anilines is 1. The van der Waals surface area contributed by atoms with Crippen LogP contribution in [0.1, 0.15) is 18.4 Å². The van der Waals surface area contributed by atoms with Gasteiger partial charge < -0.3 is 10.4 Å². The molecule has 1 aliphatic rings. The lowest BCUT2D eigenvalue weighted by molar-refractivity contribution is -0.385. The molecule has 0 saturated heterocycles. The van der Waals surface area contributed by atoms with Gasteiger partial charge in [-0.15, -0.1) is 0 Å². The van der Waals surface area contributed by atoms with Crippen molar-refractivity contribution >= 4 is 11.5 Å². The highest BCUT2D eigenvalue weighted by atomic mass is 16.6. The summed E-state index contributed by atoms with van der Waals surface area (Å²) in [5.74, 6) is 0.488. The van der Waals surface area contributed by atoms with Crippen LogP contribution in [0.25, 0.3) is 0 Å². The molecule has 0 unspecified atom stereocenters. The minimum absolute atomic E-state index is 0.0403. The van der Waals surface area contributed by atoms with Crippen molar-refractivity contribution < 1.29 is 10.0 Å². The van der Waals surface area contributed by atoms with E-state index in [0.29, 0.717) is 17.9 Å². The standard InChI is InChI=1S/C11H15N3O3/c1-8-5-12-10(4-9(8)14(16)17)13-6-11(7-15)2-3-11/h4-5,15H,2-3,6-7H2,1H3,(H,12,13). The molecule has 2 rings (SSSR count). The fraction of sp³-hybridized carbons (Fsp3) is 0.545. The van der Waals surface area contributed by atoms with Gasteiger partial charge >= 0.3 is 0 Å². The molecule has 1 saturated carbocycles. The number of rotatable bonds is 5. The molecule has 0 atom stereocenters. The van der Waals surface area contributed by atoms with Gasteiger partial charge in [-0.05, 0) is 19.8 Å². The second kappa shape index (κ2) is 4.29. The normalized spacial score (nSPS) is 16.6. The number of nitro groups is 1. The van der Waals surface area contributed by atoms with Crippen LogP contribution in [0.3, 0.4) is 0 Å². The van der Waals surface area contributed by atoms with E-state index in [1.54, 1.807) is 6.92 Å². The van der Waals surface area contributed by atoms with Crippen LogP contribution in [0, 0.1) is 22.5 Å². The first kappa shape index (κ1) is 11.8. The van der Waals surface area contributed by atoms with E-state index >= 15 is 0 Å². The van der Waals surface area contributed by atoms with Crippen LogP contribution >= 0.6 is 0 Å². The van der Waals surface area contributed by atoms with Gasteiger partial charge in [-0.1, -0.05) is 0 Å². The van der Waals surface area contributed by atoms with Crippen LogP contribution < -0.4 is 5.32 Å². The number of nitrogens with one attached hydrogen (secondary N) is 1. The summed E-state index contributed by atoms with van der Waals surface area (Å²) in [5.41, 5.74) is 0.571. The third kappa shape index (κ3) is 2.52. The van der Waals surface area contributed by atoms with Gasteiger partial charge in [0, 0.05) is 23.7 Å². The maximum Gasteiger partial charge on any atom is 0.277 e. The molecule has 6 nitrogen and oxygen atoms in total. The first-order chi connectivity index (χ1) is 8.06. The summed E-state index contributed by atoms with van der Waals surface area (Å²) in [4.78, 5) is 14.4. The Kier molecular flexibility index (Phi) is 2.97. The molecule has 17 heavy (non-hydrogen) atoms. The number of pyridine rings is 1. The lowest BCUT2D eigenvalue weighted by Crippen LogP contribution is -2.19. The predicted molar refractivity (Wildman–Crippen MR) is 62.9 cm³/mol. The SMILES string of the molecule is Cc1cnc(NCC2(CO)CC2)cc1[N+](=O)[O-]. The van der Waals surface area contributed by atoms with Gasteiger partial charge in [0.25, 0.3) is 5.69 Å². The molecule has 92 valence electrons. The number of aromatic nitrogens is 1. The van der Waals surface area contributed by atoms with Gasteiger partial charge in [-0.25, -0.2) is 4.98 Å². The fourth-order valence-corrected chi connectivity index (χ4v) is 1.65. The second-order valence-electron chi connectivity index (χ2n) is 4.62. The molecule has 0 aliphatic heterocycles. The number of aliphatic hydroxyl groups excluding tert-OH is 1. The molecule has 1 aromatic heterocycles. The number of aryl methyl sites for hydroxylation is 1. The Morgan fingerprint density at radius 3 is 2.88 bits per heavy atom. The largest absolute Gasteiger partial charge is 0.396 e. The van der Waals surface area contributed by atoms with E-state index in [4.69, 9.17) is 5.11 Å². The number of nitrogens with zero attached hydrogens (tertiary/aromatic N) is 2. The summed E-state index contributed by atoms with van der Waals surface area (Å²) >= 11 is 0. The van der Waals surface area contributed by atoms with Crippen LogP contribution in [0.4, 0.5) is 11.5 Å². The van der Waals surface area contributed by atoms with Crippen LogP contribution in [0.15, 0.2) is 12.3 Å². The molecule has 0 aromatic carbocycles. The average Bonchev–Trinajstić information content (AvgIpc) is 3.08. The topological polar surface area (TPSA) is 88.3 Å². The Morgan fingerprint density at radius 2 is 2.35 bits per heavy atom. The summed E-state index contributed by atoms with van der Waals surface area (Å²) in [5, 5.41) is 23.0. The van der Waals surface area contributed by atoms with E-state index < -0.39 is 4.92 Å². The van der Waals surface area contributed by atoms with Crippen LogP contribution in [-0.4, -0.2) is 28.2 Å². The van der Waals surface area contributed by atoms with E-state index in [9.17, 15) is 10.1 Å². The number of hydrogen-bond donors (Lipinski definition) is 2. The van der Waals surface area contributed by atoms with Gasteiger partial charge in [-0.2, -0.15) is 0 Å². The highest BCUT2D eigenvalue weighted by Crippen LogP contribution is 2.44. The molecule has 0 amide bonds. The minimum atomic E-state index is -0.416. The highest BCUT2D eigenvalue weighted by molar-refractivity contribution is 5.49. The van der Waals surface area contributed by atoms with Crippen molar-refractivity contribution in [3.63, 3.8) is 0 Å². The monoisotopic (exact) mass is 237 g/mol. The quantitative estimate of drug-likeness (QED) is 0.598. The average molecular weight is 237 g/mol. The van der Waals surface area contributed by atoms with E-state index in [1.807, 2.05) is 0 Å². The molecule has 1 aromatic rings. The van der Waals surface area contributed by atoms with E-state index in [0.717, 1.165) is 12.8 Å². The van der Waals surface area contributed by atoms with Crippen LogP contribution in [0.5, 0.6) is 0 Å². The zero-order valence-corrected chi connectivity index (χ0v) is 9.64. The zero-order valence-electron chi connectivity index (χ0n) is 9.64. The molecule has 0 bridgehead atoms. The van der Waals surface area contributed by atoms with Crippen molar-refractivity contribution in [2.75, 3.05) is 18.5 Å². The van der Waals surface area contributed by atoms with Crippen LogP contribution in [0.2, 0.25) is 0 Å². The van der Waals surface area contributed by atoms with Crippen molar-refractivity contribution in [2.45, 2.75) is 19.8 Å². The molecule has 1 aliphatic carbocycles. The second-order valence-corrected chi connectivity index (χ2v) is 4.62. The highest BCUT2D eigenvalue weighted by Gasteiger charge is 2.41. The molecular weight excluding hydrogens is 222 g/mol. The fourth-order valence-electron chi connectivity index (χ4n) is 1.65. The first-order valence-electron chi connectivity index (χ1n) is 5.52. The lowest BCUT2D eigenvalue weighted by Gasteiger charge is -2.13. The van der Waals surface area contributed by atoms with E-state index in [2.05, 4.69) is 10.3 Å². The Bertz CT molecular complexity index is 444. The third-order valence-corrected chi connectivity index (χ3v) is 3.21. The molecule has 1 heterocycles. The molecular formula is C11H15N3O3. The maximum atomic E-state index is 10.8. The van der Waals surface area contributed by atoms with E-state index in [1.165, 1.54) is 12.3 Å². The molecule has 6 heteroatoms. The third-order valence-electron chi connectivity index (χ3n) is 3.21. The first-order valence-corrected chi connectivity index (χ1v) is 5.52. The van der Waals surface area contributed by atoms with Gasteiger partial charge in [0.1, 0.15) is 5.82 Å². The molecule has 0 radical (unpaired) electrons. The van der Waals surface area contributed by atoms with Crippen molar-refractivity contribution in [3.8, 4) is 0 Å². The van der Waals surface area contributed by atoms with Gasteiger partial charge in [0.15, 0.2) is 0 Å². The maximum absolute atomic E-state index is 10.8. The van der Waals surface area contributed by atoms with Crippen molar-refractivity contribution in [3.05, 3.63) is 27.9 Å². The molecule has 2 N–H and O–H groups in total. The number of hydrogen-bond acceptors (Lipinski definition) is 5. The van der Waals surface area contributed by atoms with Crippen molar-refractivity contribution in [1.82, 2.24) is 4.98 Å². The molecule has 0 spiro atoms. The van der Waals surface area contributed by atoms with E-state index in [-0.39, 0.29) is 17.7 Å². The summed E-state index contributed by atoms with van der Waals surface area (Å²) < 4.78 is 0. The van der Waals surface area contributed by atoms with Crippen molar-refractivity contribution in [1.29, 1.82) is 0 Å². The molecule has 1 fully saturated rings. The Morgan fingerprint density at radius 1 is 1.65 bits per heavy atom. The van der Waals surface area contributed by atoms with Gasteiger partial charge in [0.05, 0.1) is 17.6 Å². The Balaban J connectivity index is 2.06.